The average molecular weight is 450 g/mol. The molecular formula is C25H24ClN3O3. The zero-order chi connectivity index (χ0) is 22.5. The number of carboxylic acids is 1. The van der Waals surface area contributed by atoms with E-state index in [1.807, 2.05) is 18.2 Å². The van der Waals surface area contributed by atoms with Gasteiger partial charge in [-0.25, -0.2) is 4.79 Å². The van der Waals surface area contributed by atoms with E-state index >= 15 is 0 Å². The van der Waals surface area contributed by atoms with E-state index in [-0.39, 0.29) is 18.0 Å². The monoisotopic (exact) mass is 449 g/mol. The normalized spacial score (nSPS) is 13.7. The van der Waals surface area contributed by atoms with Crippen LogP contribution >= 0.6 is 11.6 Å². The molecule has 1 amide bonds. The van der Waals surface area contributed by atoms with Crippen LogP contribution in [0.3, 0.4) is 0 Å². The fraction of sp³-hybridized carbons (Fsp3) is 0.240. The molecule has 3 N–H and O–H groups in total. The molecule has 164 valence electrons. The summed E-state index contributed by atoms with van der Waals surface area (Å²) in [6.45, 7) is 0.226. The van der Waals surface area contributed by atoms with Gasteiger partial charge in [0.15, 0.2) is 0 Å². The number of pyridine rings is 1. The van der Waals surface area contributed by atoms with Crippen molar-refractivity contribution in [3.05, 3.63) is 82.6 Å². The largest absolute Gasteiger partial charge is 0.478 e. The fourth-order valence-electron chi connectivity index (χ4n) is 3.95. The third-order valence-electron chi connectivity index (χ3n) is 5.63. The highest BCUT2D eigenvalue weighted by Gasteiger charge is 2.16. The summed E-state index contributed by atoms with van der Waals surface area (Å²) in [5.74, 6) is -1.25. The number of aromatic carboxylic acids is 1. The number of rotatable bonds is 7. The van der Waals surface area contributed by atoms with Gasteiger partial charge in [0.25, 0.3) is 5.91 Å². The predicted octanol–water partition coefficient (Wildman–Crippen LogP) is 5.38. The van der Waals surface area contributed by atoms with Crippen LogP contribution in [0.4, 0.5) is 5.69 Å². The number of anilines is 1. The molecule has 1 aromatic heterocycles. The molecule has 0 bridgehead atoms. The lowest BCUT2D eigenvalue weighted by Gasteiger charge is -2.15. The molecule has 1 aliphatic rings. The van der Waals surface area contributed by atoms with Crippen molar-refractivity contribution in [1.82, 2.24) is 10.3 Å². The molecule has 0 radical (unpaired) electrons. The van der Waals surface area contributed by atoms with E-state index in [9.17, 15) is 14.7 Å². The standard InChI is InChI=1S/C25H24ClN3O3/c26-23-14-20(29-19-6-1-2-7-19)8-9-22(23)24(30)28-15-21-13-17(10-11-27-21)16-4-3-5-18(12-16)25(31)32/h3-5,8-14,19,29H,1-2,6-7,15H2,(H,28,30)(H,31,32). The van der Waals surface area contributed by atoms with Crippen molar-refractivity contribution in [2.75, 3.05) is 5.32 Å². The first-order valence-corrected chi connectivity index (χ1v) is 11.0. The van der Waals surface area contributed by atoms with Gasteiger partial charge in [0.2, 0.25) is 0 Å². The van der Waals surface area contributed by atoms with Crippen molar-refractivity contribution in [3.63, 3.8) is 0 Å². The van der Waals surface area contributed by atoms with E-state index in [2.05, 4.69) is 15.6 Å². The SMILES string of the molecule is O=C(O)c1cccc(-c2ccnc(CNC(=O)c3ccc(NC4CCCC4)cc3Cl)c2)c1. The van der Waals surface area contributed by atoms with Crippen LogP contribution in [0.5, 0.6) is 0 Å². The van der Waals surface area contributed by atoms with Crippen LogP contribution in [-0.4, -0.2) is 28.0 Å². The lowest BCUT2D eigenvalue weighted by atomic mass is 10.0. The minimum absolute atomic E-state index is 0.217. The topological polar surface area (TPSA) is 91.3 Å². The zero-order valence-electron chi connectivity index (χ0n) is 17.5. The van der Waals surface area contributed by atoms with Crippen LogP contribution in [-0.2, 0) is 6.54 Å². The molecule has 0 atom stereocenters. The molecule has 0 spiro atoms. The minimum atomic E-state index is -0.977. The van der Waals surface area contributed by atoms with Crippen molar-refractivity contribution >= 4 is 29.2 Å². The highest BCUT2D eigenvalue weighted by atomic mass is 35.5. The van der Waals surface area contributed by atoms with Crippen LogP contribution in [0, 0.1) is 0 Å². The first-order valence-electron chi connectivity index (χ1n) is 10.6. The molecular weight excluding hydrogens is 426 g/mol. The van der Waals surface area contributed by atoms with Crippen molar-refractivity contribution < 1.29 is 14.7 Å². The van der Waals surface area contributed by atoms with Gasteiger partial charge < -0.3 is 15.7 Å². The van der Waals surface area contributed by atoms with E-state index in [0.717, 1.165) is 29.7 Å². The van der Waals surface area contributed by atoms with E-state index < -0.39 is 5.97 Å². The Morgan fingerprint density at radius 3 is 2.56 bits per heavy atom. The van der Waals surface area contributed by atoms with E-state index in [0.29, 0.717) is 22.3 Å². The van der Waals surface area contributed by atoms with E-state index in [1.54, 1.807) is 42.6 Å². The molecule has 1 aliphatic carbocycles. The molecule has 0 unspecified atom stereocenters. The molecule has 3 aromatic rings. The Morgan fingerprint density at radius 2 is 1.81 bits per heavy atom. The first kappa shape index (κ1) is 21.8. The van der Waals surface area contributed by atoms with Gasteiger partial charge in [0.1, 0.15) is 0 Å². The first-order chi connectivity index (χ1) is 15.5. The Morgan fingerprint density at radius 1 is 1.03 bits per heavy atom. The summed E-state index contributed by atoms with van der Waals surface area (Å²) in [6, 6.07) is 16.2. The molecule has 1 fully saturated rings. The third kappa shape index (κ3) is 5.26. The number of carbonyl (C=O) groups excluding carboxylic acids is 1. The minimum Gasteiger partial charge on any atom is -0.478 e. The molecule has 0 saturated heterocycles. The number of nitrogens with zero attached hydrogens (tertiary/aromatic N) is 1. The Kier molecular flexibility index (Phi) is 6.71. The van der Waals surface area contributed by atoms with Crippen LogP contribution < -0.4 is 10.6 Å². The maximum absolute atomic E-state index is 12.7. The Balaban J connectivity index is 1.41. The van der Waals surface area contributed by atoms with Gasteiger partial charge in [-0.3, -0.25) is 9.78 Å². The Hall–Kier alpha value is -3.38. The lowest BCUT2D eigenvalue weighted by Crippen LogP contribution is -2.23. The number of aromatic nitrogens is 1. The van der Waals surface area contributed by atoms with Gasteiger partial charge in [-0.1, -0.05) is 36.6 Å². The third-order valence-corrected chi connectivity index (χ3v) is 5.94. The van der Waals surface area contributed by atoms with Crippen LogP contribution in [0.1, 0.15) is 52.1 Å². The number of carbonyl (C=O) groups is 2. The number of amides is 1. The van der Waals surface area contributed by atoms with Crippen molar-refractivity contribution in [1.29, 1.82) is 0 Å². The zero-order valence-corrected chi connectivity index (χ0v) is 18.2. The van der Waals surface area contributed by atoms with Gasteiger partial charge in [-0.2, -0.15) is 0 Å². The van der Waals surface area contributed by atoms with Crippen molar-refractivity contribution in [2.45, 2.75) is 38.3 Å². The van der Waals surface area contributed by atoms with E-state index in [1.165, 1.54) is 12.8 Å². The number of hydrogen-bond donors (Lipinski definition) is 3. The summed E-state index contributed by atoms with van der Waals surface area (Å²) < 4.78 is 0. The molecule has 1 heterocycles. The Bertz CT molecular complexity index is 1140. The lowest BCUT2D eigenvalue weighted by molar-refractivity contribution is 0.0696. The van der Waals surface area contributed by atoms with Crippen molar-refractivity contribution in [2.24, 2.45) is 0 Å². The highest BCUT2D eigenvalue weighted by Crippen LogP contribution is 2.26. The number of halogens is 1. The highest BCUT2D eigenvalue weighted by molar-refractivity contribution is 6.34. The second kappa shape index (κ2) is 9.83. The molecule has 7 heteroatoms. The van der Waals surface area contributed by atoms with Crippen LogP contribution in [0.15, 0.2) is 60.8 Å². The Labute approximate surface area is 191 Å². The maximum atomic E-state index is 12.7. The van der Waals surface area contributed by atoms with Gasteiger partial charge in [-0.15, -0.1) is 0 Å². The number of carboxylic acid groups (broad SMARTS) is 1. The summed E-state index contributed by atoms with van der Waals surface area (Å²) >= 11 is 6.37. The van der Waals surface area contributed by atoms with Gasteiger partial charge in [0.05, 0.1) is 28.4 Å². The van der Waals surface area contributed by atoms with Crippen LogP contribution in [0.2, 0.25) is 5.02 Å². The summed E-state index contributed by atoms with van der Waals surface area (Å²) in [4.78, 5) is 28.2. The predicted molar refractivity (Wildman–Crippen MR) is 125 cm³/mol. The maximum Gasteiger partial charge on any atom is 0.335 e. The second-order valence-corrected chi connectivity index (χ2v) is 8.33. The molecule has 2 aromatic carbocycles. The van der Waals surface area contributed by atoms with Crippen molar-refractivity contribution in [3.8, 4) is 11.1 Å². The fourth-order valence-corrected chi connectivity index (χ4v) is 4.21. The van der Waals surface area contributed by atoms with Crippen LogP contribution in [0.25, 0.3) is 11.1 Å². The number of nitrogens with one attached hydrogen (secondary N) is 2. The molecule has 32 heavy (non-hydrogen) atoms. The smallest absolute Gasteiger partial charge is 0.335 e. The summed E-state index contributed by atoms with van der Waals surface area (Å²) in [5, 5.41) is 15.9. The molecule has 4 rings (SSSR count). The number of hydrogen-bond acceptors (Lipinski definition) is 4. The van der Waals surface area contributed by atoms with Gasteiger partial charge in [0, 0.05) is 17.9 Å². The summed E-state index contributed by atoms with van der Waals surface area (Å²) in [5.41, 5.74) is 3.81. The quantitative estimate of drug-likeness (QED) is 0.450. The van der Waals surface area contributed by atoms with E-state index in [4.69, 9.17) is 11.6 Å². The second-order valence-electron chi connectivity index (χ2n) is 7.92. The summed E-state index contributed by atoms with van der Waals surface area (Å²) in [7, 11) is 0. The molecule has 0 aliphatic heterocycles. The number of benzene rings is 2. The average Bonchev–Trinajstić information content (AvgIpc) is 3.31. The molecule has 6 nitrogen and oxygen atoms in total. The summed E-state index contributed by atoms with van der Waals surface area (Å²) in [6.07, 6.45) is 6.44. The van der Waals surface area contributed by atoms with Gasteiger partial charge >= 0.3 is 5.97 Å². The van der Waals surface area contributed by atoms with Gasteiger partial charge in [-0.05, 0) is 66.4 Å². The molecule has 1 saturated carbocycles.